The molecule has 0 bridgehead atoms. The molecular formula is C26H16N2. The lowest BCUT2D eigenvalue weighted by Gasteiger charge is -2.10. The Morgan fingerprint density at radius 3 is 2.39 bits per heavy atom. The molecule has 1 aliphatic rings. The van der Waals surface area contributed by atoms with Crippen LogP contribution >= 0.6 is 0 Å². The summed E-state index contributed by atoms with van der Waals surface area (Å²) >= 11 is 0. The molecule has 0 amide bonds. The molecule has 5 aromatic rings. The van der Waals surface area contributed by atoms with E-state index in [0.717, 1.165) is 23.0 Å². The lowest BCUT2D eigenvalue weighted by atomic mass is 10.1. The third-order valence-electron chi connectivity index (χ3n) is 5.84. The van der Waals surface area contributed by atoms with E-state index in [0.29, 0.717) is 5.56 Å². The average molecular weight is 356 g/mol. The molecule has 28 heavy (non-hydrogen) atoms. The highest BCUT2D eigenvalue weighted by Crippen LogP contribution is 2.39. The van der Waals surface area contributed by atoms with Crippen molar-refractivity contribution < 1.29 is 0 Å². The van der Waals surface area contributed by atoms with Gasteiger partial charge in [-0.1, -0.05) is 48.5 Å². The van der Waals surface area contributed by atoms with E-state index in [-0.39, 0.29) is 0 Å². The Kier molecular flexibility index (Phi) is 3.04. The van der Waals surface area contributed by atoms with E-state index in [2.05, 4.69) is 83.4 Å². The van der Waals surface area contributed by atoms with Gasteiger partial charge in [0, 0.05) is 16.5 Å². The molecule has 0 fully saturated rings. The average Bonchev–Trinajstić information content (AvgIpc) is 3.28. The Balaban J connectivity index is 1.67. The van der Waals surface area contributed by atoms with Gasteiger partial charge in [0.15, 0.2) is 0 Å². The zero-order valence-corrected chi connectivity index (χ0v) is 15.2. The topological polar surface area (TPSA) is 28.7 Å². The number of rotatable bonds is 1. The maximum Gasteiger partial charge on any atom is 0.0991 e. The zero-order valence-electron chi connectivity index (χ0n) is 15.2. The van der Waals surface area contributed by atoms with Gasteiger partial charge in [-0.2, -0.15) is 5.26 Å². The molecule has 6 rings (SSSR count). The van der Waals surface area contributed by atoms with Crippen molar-refractivity contribution in [1.82, 2.24) is 4.57 Å². The smallest absolute Gasteiger partial charge is 0.0991 e. The van der Waals surface area contributed by atoms with Gasteiger partial charge >= 0.3 is 0 Å². The number of benzene rings is 4. The van der Waals surface area contributed by atoms with E-state index in [1.165, 1.54) is 33.2 Å². The first-order chi connectivity index (χ1) is 13.8. The highest BCUT2D eigenvalue weighted by Gasteiger charge is 2.19. The van der Waals surface area contributed by atoms with Crippen LogP contribution in [0.2, 0.25) is 0 Å². The number of aromatic nitrogens is 1. The quantitative estimate of drug-likeness (QED) is 0.343. The lowest BCUT2D eigenvalue weighted by Crippen LogP contribution is -1.95. The molecular weight excluding hydrogens is 340 g/mol. The fourth-order valence-corrected chi connectivity index (χ4v) is 4.57. The molecule has 2 nitrogen and oxygen atoms in total. The summed E-state index contributed by atoms with van der Waals surface area (Å²) in [6, 6.07) is 32.1. The lowest BCUT2D eigenvalue weighted by molar-refractivity contribution is 1.17. The van der Waals surface area contributed by atoms with Crippen molar-refractivity contribution in [1.29, 1.82) is 5.26 Å². The van der Waals surface area contributed by atoms with Crippen LogP contribution in [0.4, 0.5) is 0 Å². The second-order valence-electron chi connectivity index (χ2n) is 7.37. The molecule has 4 aromatic carbocycles. The van der Waals surface area contributed by atoms with E-state index >= 15 is 0 Å². The van der Waals surface area contributed by atoms with E-state index in [9.17, 15) is 5.26 Å². The number of fused-ring (bicyclic) bond motifs is 6. The van der Waals surface area contributed by atoms with Gasteiger partial charge in [0.2, 0.25) is 0 Å². The summed E-state index contributed by atoms with van der Waals surface area (Å²) in [7, 11) is 0. The maximum absolute atomic E-state index is 9.33. The van der Waals surface area contributed by atoms with Gasteiger partial charge in [0.1, 0.15) is 0 Å². The molecule has 1 aromatic heterocycles. The fourth-order valence-electron chi connectivity index (χ4n) is 4.57. The largest absolute Gasteiger partial charge is 0.309 e. The van der Waals surface area contributed by atoms with Crippen LogP contribution in [0.15, 0.2) is 84.9 Å². The van der Waals surface area contributed by atoms with Gasteiger partial charge in [0.25, 0.3) is 0 Å². The summed E-state index contributed by atoms with van der Waals surface area (Å²) in [5, 5.41) is 11.6. The van der Waals surface area contributed by atoms with Gasteiger partial charge in [-0.25, -0.2) is 0 Å². The fraction of sp³-hybridized carbons (Fsp3) is 0.0385. The highest BCUT2D eigenvalue weighted by molar-refractivity contribution is 6.09. The van der Waals surface area contributed by atoms with Crippen molar-refractivity contribution in [3.8, 4) is 22.9 Å². The van der Waals surface area contributed by atoms with Crippen LogP contribution in [0.3, 0.4) is 0 Å². The van der Waals surface area contributed by atoms with Crippen LogP contribution in [0.25, 0.3) is 38.6 Å². The molecule has 0 unspecified atom stereocenters. The number of nitrogens with zero attached hydrogens (tertiary/aromatic N) is 2. The van der Waals surface area contributed by atoms with Crippen LogP contribution in [-0.2, 0) is 6.42 Å². The normalized spacial score (nSPS) is 12.1. The molecule has 0 saturated carbocycles. The molecule has 0 saturated heterocycles. The molecule has 1 aliphatic carbocycles. The van der Waals surface area contributed by atoms with E-state index in [1.807, 2.05) is 12.1 Å². The third-order valence-corrected chi connectivity index (χ3v) is 5.84. The Hall–Kier alpha value is -3.83. The second-order valence-corrected chi connectivity index (χ2v) is 7.37. The monoisotopic (exact) mass is 356 g/mol. The van der Waals surface area contributed by atoms with Crippen molar-refractivity contribution in [2.24, 2.45) is 0 Å². The molecule has 0 spiro atoms. The molecule has 2 heteroatoms. The zero-order chi connectivity index (χ0) is 18.7. The maximum atomic E-state index is 9.33. The van der Waals surface area contributed by atoms with Crippen molar-refractivity contribution in [2.45, 2.75) is 6.42 Å². The Morgan fingerprint density at radius 2 is 1.46 bits per heavy atom. The first kappa shape index (κ1) is 15.2. The predicted molar refractivity (Wildman–Crippen MR) is 114 cm³/mol. The van der Waals surface area contributed by atoms with Crippen molar-refractivity contribution in [2.75, 3.05) is 0 Å². The Bertz CT molecular complexity index is 1450. The van der Waals surface area contributed by atoms with Gasteiger partial charge in [-0.05, 0) is 65.1 Å². The number of nitriles is 1. The third kappa shape index (κ3) is 2.02. The Morgan fingerprint density at radius 1 is 0.679 bits per heavy atom. The van der Waals surface area contributed by atoms with Crippen LogP contribution < -0.4 is 0 Å². The number of para-hydroxylation sites is 1. The molecule has 130 valence electrons. The summed E-state index contributed by atoms with van der Waals surface area (Å²) in [4.78, 5) is 0. The summed E-state index contributed by atoms with van der Waals surface area (Å²) in [5.74, 6) is 0. The van der Waals surface area contributed by atoms with Crippen molar-refractivity contribution in [3.05, 3.63) is 102 Å². The molecule has 0 aliphatic heterocycles. The van der Waals surface area contributed by atoms with E-state index in [4.69, 9.17) is 0 Å². The van der Waals surface area contributed by atoms with Crippen LogP contribution in [0.5, 0.6) is 0 Å². The number of hydrogen-bond donors (Lipinski definition) is 0. The van der Waals surface area contributed by atoms with Gasteiger partial charge in [-0.15, -0.1) is 0 Å². The first-order valence-corrected chi connectivity index (χ1v) is 9.48. The van der Waals surface area contributed by atoms with Crippen LogP contribution in [-0.4, -0.2) is 4.57 Å². The molecule has 1 heterocycles. The highest BCUT2D eigenvalue weighted by atomic mass is 15.0. The van der Waals surface area contributed by atoms with E-state index in [1.54, 1.807) is 0 Å². The summed E-state index contributed by atoms with van der Waals surface area (Å²) in [6.45, 7) is 0. The predicted octanol–water partition coefficient (Wildman–Crippen LogP) is 6.23. The minimum atomic E-state index is 0.693. The van der Waals surface area contributed by atoms with Gasteiger partial charge in [0.05, 0.1) is 22.7 Å². The molecule has 0 N–H and O–H groups in total. The summed E-state index contributed by atoms with van der Waals surface area (Å²) < 4.78 is 2.31. The Labute approximate surface area is 162 Å². The number of hydrogen-bond acceptors (Lipinski definition) is 1. The second kappa shape index (κ2) is 5.58. The summed E-state index contributed by atoms with van der Waals surface area (Å²) in [5.41, 5.74) is 9.60. The standard InChI is InChI=1S/C26H16N2/c27-16-17-9-12-26-24(13-17)22-7-3-4-8-25(22)28(26)20-11-10-19-14-18-5-1-2-6-21(18)23(19)15-20/h1-13,15H,14H2. The molecule has 0 radical (unpaired) electrons. The van der Waals surface area contributed by atoms with Crippen molar-refractivity contribution >= 4 is 21.8 Å². The van der Waals surface area contributed by atoms with Crippen molar-refractivity contribution in [3.63, 3.8) is 0 Å². The summed E-state index contributed by atoms with van der Waals surface area (Å²) in [6.07, 6.45) is 1.00. The molecule has 0 atom stereocenters. The minimum absolute atomic E-state index is 0.693. The van der Waals surface area contributed by atoms with E-state index < -0.39 is 0 Å². The van der Waals surface area contributed by atoms with Crippen LogP contribution in [0.1, 0.15) is 16.7 Å². The minimum Gasteiger partial charge on any atom is -0.309 e. The SMILES string of the molecule is N#Cc1ccc2c(c1)c1ccccc1n2-c1ccc2c(c1)-c1ccccc1C2. The van der Waals surface area contributed by atoms with Gasteiger partial charge < -0.3 is 4.57 Å². The van der Waals surface area contributed by atoms with Crippen LogP contribution in [0, 0.1) is 11.3 Å². The van der Waals surface area contributed by atoms with Gasteiger partial charge in [-0.3, -0.25) is 0 Å². The first-order valence-electron chi connectivity index (χ1n) is 9.48.